The summed E-state index contributed by atoms with van der Waals surface area (Å²) in [5, 5.41) is 0. The summed E-state index contributed by atoms with van der Waals surface area (Å²) in [6.45, 7) is 7.97. The van der Waals surface area contributed by atoms with Crippen molar-refractivity contribution in [3.8, 4) is 0 Å². The Morgan fingerprint density at radius 3 is 2.70 bits per heavy atom. The quantitative estimate of drug-likeness (QED) is 0.573. The molecular formula is C16H29NO6. The summed E-state index contributed by atoms with van der Waals surface area (Å²) in [5.41, 5.74) is 5.69. The molecule has 1 saturated heterocycles. The fourth-order valence-corrected chi connectivity index (χ4v) is 2.08. The first-order valence-corrected chi connectivity index (χ1v) is 8.22. The standard InChI is InChI=1S/C16H29NO6/c1-5-6-7-21-13-9-20-8-12(17)16(19)22-11(4)14(13)23-15(18)10(2)3/h10-14H,5-9,17H2,1-4H3/t11-,12-,13+,14-/m0/s1. The van der Waals surface area contributed by atoms with Crippen LogP contribution in [-0.2, 0) is 28.5 Å². The summed E-state index contributed by atoms with van der Waals surface area (Å²) in [5.74, 6) is -1.23. The lowest BCUT2D eigenvalue weighted by Gasteiger charge is -2.30. The first-order chi connectivity index (χ1) is 10.9. The number of nitrogens with two attached hydrogens (primary N) is 1. The number of ether oxygens (including phenoxy) is 4. The van der Waals surface area contributed by atoms with Gasteiger partial charge in [0.2, 0.25) is 0 Å². The van der Waals surface area contributed by atoms with Crippen LogP contribution in [0.15, 0.2) is 0 Å². The number of unbranched alkanes of at least 4 members (excludes halogenated alkanes) is 1. The highest BCUT2D eigenvalue weighted by molar-refractivity contribution is 5.76. The maximum absolute atomic E-state index is 12.0. The fourth-order valence-electron chi connectivity index (χ4n) is 2.08. The molecule has 1 fully saturated rings. The van der Waals surface area contributed by atoms with Gasteiger partial charge in [-0.2, -0.15) is 0 Å². The molecule has 7 nitrogen and oxygen atoms in total. The highest BCUT2D eigenvalue weighted by atomic mass is 16.6. The van der Waals surface area contributed by atoms with Crippen molar-refractivity contribution in [1.82, 2.24) is 0 Å². The molecule has 0 radical (unpaired) electrons. The molecule has 1 heterocycles. The average Bonchev–Trinajstić information content (AvgIpc) is 2.53. The summed E-state index contributed by atoms with van der Waals surface area (Å²) < 4.78 is 22.1. The SMILES string of the molecule is CCCCO[C@@H]1COC[C@H](N)C(=O)O[C@@H](C)[C@@H]1OC(=O)C(C)C. The number of rotatable bonds is 6. The Kier molecular flexibility index (Phi) is 8.51. The molecule has 0 bridgehead atoms. The highest BCUT2D eigenvalue weighted by Gasteiger charge is 2.36. The van der Waals surface area contributed by atoms with E-state index in [1.54, 1.807) is 20.8 Å². The number of hydrogen-bond donors (Lipinski definition) is 1. The van der Waals surface area contributed by atoms with Gasteiger partial charge in [0.1, 0.15) is 18.2 Å². The largest absolute Gasteiger partial charge is 0.457 e. The molecule has 0 spiro atoms. The van der Waals surface area contributed by atoms with Gasteiger partial charge in [0, 0.05) is 6.61 Å². The van der Waals surface area contributed by atoms with Crippen LogP contribution < -0.4 is 5.73 Å². The van der Waals surface area contributed by atoms with Crippen molar-refractivity contribution in [2.24, 2.45) is 11.7 Å². The molecule has 0 amide bonds. The average molecular weight is 331 g/mol. The van der Waals surface area contributed by atoms with E-state index in [0.717, 1.165) is 12.8 Å². The van der Waals surface area contributed by atoms with Crippen LogP contribution >= 0.6 is 0 Å². The van der Waals surface area contributed by atoms with Gasteiger partial charge < -0.3 is 24.7 Å². The summed E-state index contributed by atoms with van der Waals surface area (Å²) in [6.07, 6.45) is -0.0213. The molecule has 134 valence electrons. The lowest BCUT2D eigenvalue weighted by molar-refractivity contribution is -0.182. The molecule has 4 atom stereocenters. The second-order valence-corrected chi connectivity index (χ2v) is 6.10. The van der Waals surface area contributed by atoms with Gasteiger partial charge in [0.15, 0.2) is 6.10 Å². The third-order valence-electron chi connectivity index (χ3n) is 3.57. The molecule has 23 heavy (non-hydrogen) atoms. The Balaban J connectivity index is 2.88. The van der Waals surface area contributed by atoms with Crippen molar-refractivity contribution in [1.29, 1.82) is 0 Å². The third kappa shape index (κ3) is 6.45. The minimum atomic E-state index is -0.853. The van der Waals surface area contributed by atoms with Crippen molar-refractivity contribution in [2.45, 2.75) is 64.9 Å². The van der Waals surface area contributed by atoms with Crippen molar-refractivity contribution in [3.05, 3.63) is 0 Å². The number of carbonyl (C=O) groups excluding carboxylic acids is 2. The molecule has 0 aromatic rings. The van der Waals surface area contributed by atoms with Gasteiger partial charge in [-0.05, 0) is 13.3 Å². The molecule has 0 unspecified atom stereocenters. The number of hydrogen-bond acceptors (Lipinski definition) is 7. The maximum Gasteiger partial charge on any atom is 0.325 e. The van der Waals surface area contributed by atoms with Gasteiger partial charge in [-0.15, -0.1) is 0 Å². The monoisotopic (exact) mass is 331 g/mol. The zero-order chi connectivity index (χ0) is 17.4. The van der Waals surface area contributed by atoms with Crippen LogP contribution in [0.4, 0.5) is 0 Å². The van der Waals surface area contributed by atoms with Gasteiger partial charge in [-0.25, -0.2) is 0 Å². The Bertz CT molecular complexity index is 387. The number of cyclic esters (lactones) is 1. The van der Waals surface area contributed by atoms with Crippen LogP contribution in [-0.4, -0.2) is 56.1 Å². The van der Waals surface area contributed by atoms with E-state index in [-0.39, 0.29) is 25.1 Å². The second-order valence-electron chi connectivity index (χ2n) is 6.10. The fraction of sp³-hybridized carbons (Fsp3) is 0.875. The van der Waals surface area contributed by atoms with Gasteiger partial charge in [-0.3, -0.25) is 9.59 Å². The van der Waals surface area contributed by atoms with Crippen LogP contribution in [0, 0.1) is 5.92 Å². The smallest absolute Gasteiger partial charge is 0.325 e. The molecule has 1 aliphatic heterocycles. The van der Waals surface area contributed by atoms with Crippen molar-refractivity contribution >= 4 is 11.9 Å². The molecule has 0 aromatic heterocycles. The maximum atomic E-state index is 12.0. The van der Waals surface area contributed by atoms with Gasteiger partial charge >= 0.3 is 11.9 Å². The van der Waals surface area contributed by atoms with Crippen molar-refractivity contribution in [2.75, 3.05) is 19.8 Å². The summed E-state index contributed by atoms with van der Waals surface area (Å²) in [6, 6.07) is -0.853. The third-order valence-corrected chi connectivity index (χ3v) is 3.57. The van der Waals surface area contributed by atoms with Gasteiger partial charge in [0.05, 0.1) is 19.1 Å². The van der Waals surface area contributed by atoms with E-state index in [0.29, 0.717) is 6.61 Å². The molecule has 1 rings (SSSR count). The van der Waals surface area contributed by atoms with Gasteiger partial charge in [0.25, 0.3) is 0 Å². The van der Waals surface area contributed by atoms with E-state index in [9.17, 15) is 9.59 Å². The zero-order valence-electron chi connectivity index (χ0n) is 14.4. The normalized spacial score (nSPS) is 29.4. The lowest BCUT2D eigenvalue weighted by atomic mass is 10.1. The Labute approximate surface area is 137 Å². The van der Waals surface area contributed by atoms with E-state index in [1.165, 1.54) is 0 Å². The predicted octanol–water partition coefficient (Wildman–Crippen LogP) is 1.03. The van der Waals surface area contributed by atoms with Crippen LogP contribution in [0.25, 0.3) is 0 Å². The summed E-state index contributed by atoms with van der Waals surface area (Å²) in [7, 11) is 0. The highest BCUT2D eigenvalue weighted by Crippen LogP contribution is 2.18. The Hall–Kier alpha value is -1.18. The molecule has 0 aliphatic carbocycles. The molecule has 2 N–H and O–H groups in total. The molecule has 7 heteroatoms. The Morgan fingerprint density at radius 2 is 2.09 bits per heavy atom. The molecule has 0 aromatic carbocycles. The van der Waals surface area contributed by atoms with E-state index in [4.69, 9.17) is 24.7 Å². The second kappa shape index (κ2) is 9.85. The lowest BCUT2D eigenvalue weighted by Crippen LogP contribution is -2.46. The molecular weight excluding hydrogens is 302 g/mol. The van der Waals surface area contributed by atoms with Crippen LogP contribution in [0.1, 0.15) is 40.5 Å². The predicted molar refractivity (Wildman–Crippen MR) is 83.7 cm³/mol. The number of carbonyl (C=O) groups is 2. The molecule has 1 aliphatic rings. The van der Waals surface area contributed by atoms with Crippen molar-refractivity contribution < 1.29 is 28.5 Å². The topological polar surface area (TPSA) is 97.1 Å². The van der Waals surface area contributed by atoms with E-state index in [2.05, 4.69) is 6.92 Å². The first kappa shape index (κ1) is 19.9. The van der Waals surface area contributed by atoms with Crippen LogP contribution in [0.5, 0.6) is 0 Å². The minimum Gasteiger partial charge on any atom is -0.457 e. The van der Waals surface area contributed by atoms with E-state index >= 15 is 0 Å². The van der Waals surface area contributed by atoms with E-state index in [1.807, 2.05) is 0 Å². The van der Waals surface area contributed by atoms with Crippen LogP contribution in [0.3, 0.4) is 0 Å². The van der Waals surface area contributed by atoms with E-state index < -0.39 is 30.3 Å². The Morgan fingerprint density at radius 1 is 1.39 bits per heavy atom. The molecule has 0 saturated carbocycles. The summed E-state index contributed by atoms with van der Waals surface area (Å²) in [4.78, 5) is 23.8. The van der Waals surface area contributed by atoms with Crippen LogP contribution in [0.2, 0.25) is 0 Å². The minimum absolute atomic E-state index is 0.0457. The zero-order valence-corrected chi connectivity index (χ0v) is 14.4. The van der Waals surface area contributed by atoms with Crippen molar-refractivity contribution in [3.63, 3.8) is 0 Å². The first-order valence-electron chi connectivity index (χ1n) is 8.22. The number of esters is 2. The van der Waals surface area contributed by atoms with Gasteiger partial charge in [-0.1, -0.05) is 27.2 Å². The summed E-state index contributed by atoms with van der Waals surface area (Å²) >= 11 is 0.